The summed E-state index contributed by atoms with van der Waals surface area (Å²) in [5, 5.41) is 8.42. The Morgan fingerprint density at radius 1 is 1.64 bits per heavy atom. The molecule has 1 aliphatic carbocycles. The highest BCUT2D eigenvalue weighted by atomic mass is 16.4. The van der Waals surface area contributed by atoms with Gasteiger partial charge in [-0.15, -0.1) is 0 Å². The SMILES string of the molecule is C[C@H]1C[C@H]1c1ccc(/C=C/C(=O)O)o1. The average molecular weight is 192 g/mol. The Labute approximate surface area is 82.0 Å². The van der Waals surface area contributed by atoms with Crippen LogP contribution in [0.15, 0.2) is 22.6 Å². The summed E-state index contributed by atoms with van der Waals surface area (Å²) < 4.78 is 5.48. The van der Waals surface area contributed by atoms with Gasteiger partial charge in [-0.2, -0.15) is 0 Å². The van der Waals surface area contributed by atoms with Crippen LogP contribution in [0, 0.1) is 5.92 Å². The fourth-order valence-corrected chi connectivity index (χ4v) is 1.53. The maximum absolute atomic E-state index is 10.2. The minimum Gasteiger partial charge on any atom is -0.478 e. The van der Waals surface area contributed by atoms with Crippen molar-refractivity contribution < 1.29 is 14.3 Å². The van der Waals surface area contributed by atoms with E-state index in [1.807, 2.05) is 6.07 Å². The van der Waals surface area contributed by atoms with Gasteiger partial charge in [0.1, 0.15) is 11.5 Å². The fourth-order valence-electron chi connectivity index (χ4n) is 1.53. The van der Waals surface area contributed by atoms with Crippen LogP contribution in [0.25, 0.3) is 6.08 Å². The molecule has 1 heterocycles. The van der Waals surface area contributed by atoms with E-state index >= 15 is 0 Å². The maximum atomic E-state index is 10.2. The zero-order chi connectivity index (χ0) is 10.1. The van der Waals surface area contributed by atoms with Crippen molar-refractivity contribution in [3.05, 3.63) is 29.7 Å². The number of carboxylic acid groups (broad SMARTS) is 1. The number of hydrogen-bond donors (Lipinski definition) is 1. The van der Waals surface area contributed by atoms with Gasteiger partial charge in [-0.05, 0) is 30.5 Å². The van der Waals surface area contributed by atoms with Crippen LogP contribution in [0.5, 0.6) is 0 Å². The molecule has 2 atom stereocenters. The second-order valence-electron chi connectivity index (χ2n) is 3.73. The molecule has 0 aromatic carbocycles. The average Bonchev–Trinajstić information content (AvgIpc) is 2.68. The van der Waals surface area contributed by atoms with Crippen molar-refractivity contribution in [2.75, 3.05) is 0 Å². The molecular weight excluding hydrogens is 180 g/mol. The van der Waals surface area contributed by atoms with E-state index in [1.165, 1.54) is 12.5 Å². The molecule has 0 aliphatic heterocycles. The number of hydrogen-bond acceptors (Lipinski definition) is 2. The molecule has 1 N–H and O–H groups in total. The summed E-state index contributed by atoms with van der Waals surface area (Å²) in [7, 11) is 0. The first-order valence-corrected chi connectivity index (χ1v) is 4.67. The lowest BCUT2D eigenvalue weighted by Gasteiger charge is -1.89. The van der Waals surface area contributed by atoms with Gasteiger partial charge in [0.05, 0.1) is 0 Å². The van der Waals surface area contributed by atoms with Crippen molar-refractivity contribution in [1.29, 1.82) is 0 Å². The van der Waals surface area contributed by atoms with E-state index < -0.39 is 5.97 Å². The zero-order valence-electron chi connectivity index (χ0n) is 7.93. The van der Waals surface area contributed by atoms with E-state index in [1.54, 1.807) is 6.07 Å². The van der Waals surface area contributed by atoms with Crippen molar-refractivity contribution in [1.82, 2.24) is 0 Å². The summed E-state index contributed by atoms with van der Waals surface area (Å²) in [6.07, 6.45) is 3.73. The first kappa shape index (κ1) is 9.06. The first-order chi connectivity index (χ1) is 6.66. The monoisotopic (exact) mass is 192 g/mol. The van der Waals surface area contributed by atoms with E-state index in [2.05, 4.69) is 6.92 Å². The number of furan rings is 1. The fraction of sp³-hybridized carbons (Fsp3) is 0.364. The van der Waals surface area contributed by atoms with Gasteiger partial charge < -0.3 is 9.52 Å². The normalized spacial score (nSPS) is 25.5. The predicted molar refractivity (Wildman–Crippen MR) is 51.9 cm³/mol. The molecule has 0 radical (unpaired) electrons. The smallest absolute Gasteiger partial charge is 0.328 e. The van der Waals surface area contributed by atoms with Crippen molar-refractivity contribution in [3.63, 3.8) is 0 Å². The van der Waals surface area contributed by atoms with Crippen LogP contribution >= 0.6 is 0 Å². The van der Waals surface area contributed by atoms with Crippen LogP contribution < -0.4 is 0 Å². The zero-order valence-corrected chi connectivity index (χ0v) is 7.93. The van der Waals surface area contributed by atoms with Crippen LogP contribution in [0.3, 0.4) is 0 Å². The van der Waals surface area contributed by atoms with Crippen LogP contribution in [-0.4, -0.2) is 11.1 Å². The molecule has 0 bridgehead atoms. The molecule has 1 saturated carbocycles. The van der Waals surface area contributed by atoms with E-state index in [4.69, 9.17) is 9.52 Å². The van der Waals surface area contributed by atoms with Gasteiger partial charge in [0.25, 0.3) is 0 Å². The molecule has 0 saturated heterocycles. The lowest BCUT2D eigenvalue weighted by atomic mass is 10.3. The second kappa shape index (κ2) is 3.33. The summed E-state index contributed by atoms with van der Waals surface area (Å²) in [6, 6.07) is 3.73. The van der Waals surface area contributed by atoms with Crippen molar-refractivity contribution >= 4 is 12.0 Å². The summed E-state index contributed by atoms with van der Waals surface area (Å²) in [6.45, 7) is 2.18. The highest BCUT2D eigenvalue weighted by molar-refractivity contribution is 5.84. The first-order valence-electron chi connectivity index (χ1n) is 4.67. The molecule has 14 heavy (non-hydrogen) atoms. The number of aliphatic carboxylic acids is 1. The molecule has 1 aromatic rings. The third-order valence-electron chi connectivity index (χ3n) is 2.51. The molecule has 1 fully saturated rings. The number of carboxylic acids is 1. The Morgan fingerprint density at radius 2 is 2.36 bits per heavy atom. The Balaban J connectivity index is 2.06. The van der Waals surface area contributed by atoms with Crippen LogP contribution in [-0.2, 0) is 4.79 Å². The van der Waals surface area contributed by atoms with Crippen LogP contribution in [0.2, 0.25) is 0 Å². The molecule has 1 aromatic heterocycles. The summed E-state index contributed by atoms with van der Waals surface area (Å²) >= 11 is 0. The van der Waals surface area contributed by atoms with Gasteiger partial charge >= 0.3 is 5.97 Å². The second-order valence-corrected chi connectivity index (χ2v) is 3.73. The van der Waals surface area contributed by atoms with Crippen molar-refractivity contribution in [2.24, 2.45) is 5.92 Å². The van der Waals surface area contributed by atoms with E-state index in [0.717, 1.165) is 11.8 Å². The molecule has 3 nitrogen and oxygen atoms in total. The predicted octanol–water partition coefficient (Wildman–Crippen LogP) is 2.50. The Morgan fingerprint density at radius 3 is 2.93 bits per heavy atom. The lowest BCUT2D eigenvalue weighted by Crippen LogP contribution is -1.84. The van der Waals surface area contributed by atoms with Gasteiger partial charge in [-0.25, -0.2) is 4.79 Å². The van der Waals surface area contributed by atoms with Gasteiger partial charge in [-0.3, -0.25) is 0 Å². The molecule has 1 aliphatic rings. The third-order valence-corrected chi connectivity index (χ3v) is 2.51. The third kappa shape index (κ3) is 1.87. The molecule has 2 rings (SSSR count). The Kier molecular flexibility index (Phi) is 2.15. The van der Waals surface area contributed by atoms with E-state index in [9.17, 15) is 4.79 Å². The van der Waals surface area contributed by atoms with Gasteiger partial charge in [0.15, 0.2) is 0 Å². The molecular formula is C11H12O3. The Hall–Kier alpha value is -1.51. The van der Waals surface area contributed by atoms with E-state index in [0.29, 0.717) is 17.6 Å². The topological polar surface area (TPSA) is 50.4 Å². The molecule has 0 spiro atoms. The highest BCUT2D eigenvalue weighted by Crippen LogP contribution is 2.47. The van der Waals surface area contributed by atoms with Gasteiger partial charge in [-0.1, -0.05) is 6.92 Å². The molecule has 0 unspecified atom stereocenters. The summed E-state index contributed by atoms with van der Waals surface area (Å²) in [5.74, 6) is 1.88. The van der Waals surface area contributed by atoms with Crippen molar-refractivity contribution in [2.45, 2.75) is 19.3 Å². The minimum atomic E-state index is -0.956. The minimum absolute atomic E-state index is 0.543. The lowest BCUT2D eigenvalue weighted by molar-refractivity contribution is -0.131. The van der Waals surface area contributed by atoms with Crippen molar-refractivity contribution in [3.8, 4) is 0 Å². The van der Waals surface area contributed by atoms with E-state index in [-0.39, 0.29) is 0 Å². The van der Waals surface area contributed by atoms with Gasteiger partial charge in [0.2, 0.25) is 0 Å². The van der Waals surface area contributed by atoms with Crippen LogP contribution in [0.1, 0.15) is 30.8 Å². The standard InChI is InChI=1S/C11H12O3/c1-7-6-9(7)10-4-2-8(14-10)3-5-11(12)13/h2-5,7,9H,6H2,1H3,(H,12,13)/b5-3+/t7-,9+/m0/s1. The van der Waals surface area contributed by atoms with Crippen LogP contribution in [0.4, 0.5) is 0 Å². The highest BCUT2D eigenvalue weighted by Gasteiger charge is 2.36. The van der Waals surface area contributed by atoms with Gasteiger partial charge in [0, 0.05) is 12.0 Å². The molecule has 74 valence electrons. The Bertz CT molecular complexity index is 376. The number of rotatable bonds is 3. The molecule has 3 heteroatoms. The molecule has 0 amide bonds. The largest absolute Gasteiger partial charge is 0.478 e. The quantitative estimate of drug-likeness (QED) is 0.748. The maximum Gasteiger partial charge on any atom is 0.328 e. The summed E-state index contributed by atoms with van der Waals surface area (Å²) in [5.41, 5.74) is 0. The summed E-state index contributed by atoms with van der Waals surface area (Å²) in [4.78, 5) is 10.2. The number of carbonyl (C=O) groups is 1.